The Labute approximate surface area is 95.1 Å². The molecule has 6 heteroatoms. The molecular formula is C10H20N4O2. The summed E-state index contributed by atoms with van der Waals surface area (Å²) in [6.07, 6.45) is -0.795. The zero-order chi connectivity index (χ0) is 12.3. The van der Waals surface area contributed by atoms with Gasteiger partial charge in [0.1, 0.15) is 5.82 Å². The van der Waals surface area contributed by atoms with Gasteiger partial charge in [0, 0.05) is 13.6 Å². The molecule has 6 nitrogen and oxygen atoms in total. The van der Waals surface area contributed by atoms with Gasteiger partial charge in [0.25, 0.3) is 0 Å². The van der Waals surface area contributed by atoms with E-state index in [1.165, 1.54) is 0 Å². The summed E-state index contributed by atoms with van der Waals surface area (Å²) in [6.45, 7) is 4.01. The molecule has 0 aromatic carbocycles. The number of hydrogen-bond donors (Lipinski definition) is 4. The number of nitrogens with one attached hydrogen (secondary N) is 1. The molecule has 0 fully saturated rings. The van der Waals surface area contributed by atoms with E-state index in [9.17, 15) is 5.11 Å². The average molecular weight is 228 g/mol. The van der Waals surface area contributed by atoms with E-state index in [1.54, 1.807) is 11.7 Å². The molecule has 0 saturated heterocycles. The molecule has 1 unspecified atom stereocenters. The highest BCUT2D eigenvalue weighted by Crippen LogP contribution is 2.27. The van der Waals surface area contributed by atoms with Crippen molar-refractivity contribution in [2.24, 2.45) is 7.05 Å². The van der Waals surface area contributed by atoms with Crippen LogP contribution in [0.15, 0.2) is 0 Å². The minimum Gasteiger partial charge on any atom is -0.394 e. The van der Waals surface area contributed by atoms with E-state index < -0.39 is 6.10 Å². The molecule has 1 rings (SSSR count). The van der Waals surface area contributed by atoms with Crippen LogP contribution >= 0.6 is 0 Å². The Hall–Kier alpha value is -1.27. The predicted molar refractivity (Wildman–Crippen MR) is 63.3 cm³/mol. The van der Waals surface area contributed by atoms with Crippen molar-refractivity contribution in [3.05, 3.63) is 5.69 Å². The van der Waals surface area contributed by atoms with Gasteiger partial charge in [0.05, 0.1) is 24.1 Å². The third kappa shape index (κ3) is 2.65. The summed E-state index contributed by atoms with van der Waals surface area (Å²) in [5.74, 6) is 0.931. The number of hydrogen-bond acceptors (Lipinski definition) is 5. The van der Waals surface area contributed by atoms with Crippen molar-refractivity contribution in [3.8, 4) is 0 Å². The fraction of sp³-hybridized carbons (Fsp3) is 0.700. The first kappa shape index (κ1) is 12.8. The molecule has 0 aliphatic heterocycles. The molecule has 0 amide bonds. The van der Waals surface area contributed by atoms with Gasteiger partial charge in [0.15, 0.2) is 0 Å². The van der Waals surface area contributed by atoms with Gasteiger partial charge < -0.3 is 21.3 Å². The molecule has 0 spiro atoms. The number of aliphatic hydroxyl groups is 2. The molecule has 1 aromatic rings. The second-order valence-corrected chi connectivity index (χ2v) is 4.14. The highest BCUT2D eigenvalue weighted by atomic mass is 16.3. The van der Waals surface area contributed by atoms with Crippen molar-refractivity contribution in [2.75, 3.05) is 24.2 Å². The summed E-state index contributed by atoms with van der Waals surface area (Å²) >= 11 is 0. The van der Waals surface area contributed by atoms with E-state index in [0.717, 1.165) is 5.69 Å². The van der Waals surface area contributed by atoms with E-state index in [4.69, 9.17) is 10.8 Å². The minimum atomic E-state index is -0.795. The van der Waals surface area contributed by atoms with Gasteiger partial charge in [0.2, 0.25) is 0 Å². The molecule has 5 N–H and O–H groups in total. The zero-order valence-electron chi connectivity index (χ0n) is 9.94. The van der Waals surface area contributed by atoms with Crippen LogP contribution in [0, 0.1) is 0 Å². The van der Waals surface area contributed by atoms with Crippen molar-refractivity contribution in [2.45, 2.75) is 25.9 Å². The quantitative estimate of drug-likeness (QED) is 0.564. The maximum absolute atomic E-state index is 9.23. The van der Waals surface area contributed by atoms with Crippen LogP contribution < -0.4 is 11.1 Å². The van der Waals surface area contributed by atoms with Gasteiger partial charge in [-0.15, -0.1) is 0 Å². The molecular weight excluding hydrogens is 208 g/mol. The standard InChI is InChI=1S/C10H20N4O2/c1-6(2)9-8(11)10(14(3)13-9)12-4-7(16)5-15/h6-7,12,15-16H,4-5,11H2,1-3H3. The van der Waals surface area contributed by atoms with E-state index in [2.05, 4.69) is 10.4 Å². The highest BCUT2D eigenvalue weighted by molar-refractivity contribution is 5.65. The number of aromatic nitrogens is 2. The third-order valence-corrected chi connectivity index (χ3v) is 2.38. The first-order valence-electron chi connectivity index (χ1n) is 5.32. The Kier molecular flexibility index (Phi) is 4.14. The lowest BCUT2D eigenvalue weighted by molar-refractivity contribution is 0.105. The van der Waals surface area contributed by atoms with Crippen LogP contribution in [0.1, 0.15) is 25.5 Å². The molecule has 0 bridgehead atoms. The number of rotatable bonds is 5. The molecule has 0 aliphatic rings. The van der Waals surface area contributed by atoms with Gasteiger partial charge in [-0.05, 0) is 5.92 Å². The molecule has 0 radical (unpaired) electrons. The van der Waals surface area contributed by atoms with Crippen LogP contribution in [0.25, 0.3) is 0 Å². The van der Waals surface area contributed by atoms with Crippen molar-refractivity contribution in [1.29, 1.82) is 0 Å². The summed E-state index contributed by atoms with van der Waals surface area (Å²) in [4.78, 5) is 0. The average Bonchev–Trinajstić information content (AvgIpc) is 2.51. The fourth-order valence-corrected chi connectivity index (χ4v) is 1.48. The summed E-state index contributed by atoms with van der Waals surface area (Å²) in [7, 11) is 1.79. The Morgan fingerprint density at radius 1 is 1.50 bits per heavy atom. The summed E-state index contributed by atoms with van der Waals surface area (Å²) in [6, 6.07) is 0. The van der Waals surface area contributed by atoms with Crippen LogP contribution in [-0.2, 0) is 7.05 Å². The number of aryl methyl sites for hydroxylation is 1. The Morgan fingerprint density at radius 2 is 2.12 bits per heavy atom. The van der Waals surface area contributed by atoms with Crippen LogP contribution in [-0.4, -0.2) is 39.2 Å². The van der Waals surface area contributed by atoms with Gasteiger partial charge >= 0.3 is 0 Å². The maximum atomic E-state index is 9.23. The number of nitrogens with two attached hydrogens (primary N) is 1. The lowest BCUT2D eigenvalue weighted by Crippen LogP contribution is -2.24. The Bertz CT molecular complexity index is 349. The number of aliphatic hydroxyl groups excluding tert-OH is 2. The van der Waals surface area contributed by atoms with Gasteiger partial charge in [-0.2, -0.15) is 5.10 Å². The van der Waals surface area contributed by atoms with E-state index in [0.29, 0.717) is 11.5 Å². The molecule has 1 aromatic heterocycles. The maximum Gasteiger partial charge on any atom is 0.147 e. The summed E-state index contributed by atoms with van der Waals surface area (Å²) < 4.78 is 1.65. The molecule has 1 heterocycles. The fourth-order valence-electron chi connectivity index (χ4n) is 1.48. The number of anilines is 2. The van der Waals surface area contributed by atoms with Crippen molar-refractivity contribution < 1.29 is 10.2 Å². The first-order chi connectivity index (χ1) is 7.47. The molecule has 0 saturated carbocycles. The van der Waals surface area contributed by atoms with E-state index in [-0.39, 0.29) is 19.1 Å². The van der Waals surface area contributed by atoms with Crippen molar-refractivity contribution >= 4 is 11.5 Å². The lowest BCUT2D eigenvalue weighted by atomic mass is 10.1. The summed E-state index contributed by atoms with van der Waals surface area (Å²) in [5, 5.41) is 25.2. The molecule has 1 atom stereocenters. The molecule has 92 valence electrons. The minimum absolute atomic E-state index is 0.248. The van der Waals surface area contributed by atoms with Crippen LogP contribution in [0.3, 0.4) is 0 Å². The Balaban J connectivity index is 2.80. The number of nitrogen functional groups attached to an aromatic ring is 1. The smallest absolute Gasteiger partial charge is 0.147 e. The second-order valence-electron chi connectivity index (χ2n) is 4.14. The van der Waals surface area contributed by atoms with Crippen LogP contribution in [0.4, 0.5) is 11.5 Å². The second kappa shape index (κ2) is 5.18. The summed E-state index contributed by atoms with van der Waals surface area (Å²) in [5.41, 5.74) is 7.38. The topological polar surface area (TPSA) is 96.3 Å². The monoisotopic (exact) mass is 228 g/mol. The Morgan fingerprint density at radius 3 is 2.56 bits per heavy atom. The SMILES string of the molecule is CC(C)c1nn(C)c(NCC(O)CO)c1N. The highest BCUT2D eigenvalue weighted by Gasteiger charge is 2.16. The molecule has 16 heavy (non-hydrogen) atoms. The third-order valence-electron chi connectivity index (χ3n) is 2.38. The van der Waals surface area contributed by atoms with Crippen LogP contribution in [0.2, 0.25) is 0 Å². The van der Waals surface area contributed by atoms with Crippen molar-refractivity contribution in [3.63, 3.8) is 0 Å². The first-order valence-corrected chi connectivity index (χ1v) is 5.32. The van der Waals surface area contributed by atoms with Crippen LogP contribution in [0.5, 0.6) is 0 Å². The van der Waals surface area contributed by atoms with E-state index in [1.807, 2.05) is 13.8 Å². The van der Waals surface area contributed by atoms with Gasteiger partial charge in [-0.25, -0.2) is 0 Å². The van der Waals surface area contributed by atoms with Crippen molar-refractivity contribution in [1.82, 2.24) is 9.78 Å². The predicted octanol–water partition coefficient (Wildman–Crippen LogP) is -0.109. The van der Waals surface area contributed by atoms with E-state index >= 15 is 0 Å². The molecule has 0 aliphatic carbocycles. The lowest BCUT2D eigenvalue weighted by Gasteiger charge is -2.11. The van der Waals surface area contributed by atoms with Gasteiger partial charge in [-0.3, -0.25) is 4.68 Å². The zero-order valence-corrected chi connectivity index (χ0v) is 9.94. The largest absolute Gasteiger partial charge is 0.394 e. The van der Waals surface area contributed by atoms with Gasteiger partial charge in [-0.1, -0.05) is 13.8 Å². The number of nitrogens with zero attached hydrogens (tertiary/aromatic N) is 2. The normalized spacial score (nSPS) is 13.1.